The minimum absolute atomic E-state index is 0.0211. The number of aromatic hydroxyl groups is 1. The quantitative estimate of drug-likeness (QED) is 0.859. The summed E-state index contributed by atoms with van der Waals surface area (Å²) in [6.07, 6.45) is 0.0551. The molecule has 1 saturated heterocycles. The zero-order valence-electron chi connectivity index (χ0n) is 12.3. The third kappa shape index (κ3) is 3.65. The van der Waals surface area contributed by atoms with E-state index in [9.17, 15) is 9.90 Å². The van der Waals surface area contributed by atoms with Gasteiger partial charge in [-0.3, -0.25) is 9.69 Å². The molecule has 0 aliphatic carbocycles. The van der Waals surface area contributed by atoms with Crippen LogP contribution in [0.5, 0.6) is 11.5 Å². The van der Waals surface area contributed by atoms with Gasteiger partial charge in [-0.25, -0.2) is 0 Å². The molecule has 1 heterocycles. The number of benzene rings is 1. The molecule has 0 amide bonds. The van der Waals surface area contributed by atoms with Gasteiger partial charge in [0.25, 0.3) is 0 Å². The van der Waals surface area contributed by atoms with E-state index in [0.29, 0.717) is 25.5 Å². The first-order valence-electron chi connectivity index (χ1n) is 6.95. The molecule has 6 heteroatoms. The Morgan fingerprint density at radius 2 is 2.33 bits per heavy atom. The van der Waals surface area contributed by atoms with Crippen molar-refractivity contribution in [3.8, 4) is 11.5 Å². The van der Waals surface area contributed by atoms with Crippen molar-refractivity contribution < 1.29 is 24.5 Å². The lowest BCUT2D eigenvalue weighted by atomic mass is 10.0. The maximum Gasteiger partial charge on any atom is 0.305 e. The Kier molecular flexibility index (Phi) is 5.03. The standard InChI is InChI=1S/C15H21NO5/c1-10(11-3-4-13(17)14(7-11)20-2)16-5-6-21-9-12(16)8-15(18)19/h3-4,7,10,12,17H,5-6,8-9H2,1-2H3,(H,18,19). The van der Waals surface area contributed by atoms with Crippen LogP contribution in [-0.4, -0.2) is 54.0 Å². The Hall–Kier alpha value is -1.79. The molecule has 1 aliphatic rings. The van der Waals surface area contributed by atoms with Gasteiger partial charge < -0.3 is 19.7 Å². The number of carboxylic acids is 1. The average Bonchev–Trinajstić information content (AvgIpc) is 2.47. The van der Waals surface area contributed by atoms with Gasteiger partial charge in [-0.2, -0.15) is 0 Å². The van der Waals surface area contributed by atoms with Gasteiger partial charge in [0.15, 0.2) is 11.5 Å². The number of hydrogen-bond acceptors (Lipinski definition) is 5. The monoisotopic (exact) mass is 295 g/mol. The van der Waals surface area contributed by atoms with Crippen LogP contribution < -0.4 is 4.74 Å². The lowest BCUT2D eigenvalue weighted by molar-refractivity contribution is -0.140. The lowest BCUT2D eigenvalue weighted by Crippen LogP contribution is -2.47. The molecule has 6 nitrogen and oxygen atoms in total. The third-order valence-electron chi connectivity index (χ3n) is 3.87. The van der Waals surface area contributed by atoms with Crippen molar-refractivity contribution in [2.45, 2.75) is 25.4 Å². The molecule has 0 spiro atoms. The molecular formula is C15H21NO5. The van der Waals surface area contributed by atoms with E-state index in [1.54, 1.807) is 12.1 Å². The summed E-state index contributed by atoms with van der Waals surface area (Å²) >= 11 is 0. The maximum atomic E-state index is 11.0. The predicted octanol–water partition coefficient (Wildman–Crippen LogP) is 1.64. The normalized spacial score (nSPS) is 21.0. The molecule has 1 aromatic carbocycles. The van der Waals surface area contributed by atoms with Gasteiger partial charge in [-0.15, -0.1) is 0 Å². The molecule has 2 atom stereocenters. The highest BCUT2D eigenvalue weighted by Crippen LogP contribution is 2.32. The second-order valence-electron chi connectivity index (χ2n) is 5.17. The van der Waals surface area contributed by atoms with Gasteiger partial charge in [0.2, 0.25) is 0 Å². The Morgan fingerprint density at radius 1 is 1.57 bits per heavy atom. The van der Waals surface area contributed by atoms with E-state index in [0.717, 1.165) is 5.56 Å². The van der Waals surface area contributed by atoms with Crippen LogP contribution >= 0.6 is 0 Å². The summed E-state index contributed by atoms with van der Waals surface area (Å²) in [5.41, 5.74) is 0.974. The van der Waals surface area contributed by atoms with Crippen LogP contribution in [0.3, 0.4) is 0 Å². The van der Waals surface area contributed by atoms with Crippen LogP contribution in [0.15, 0.2) is 18.2 Å². The summed E-state index contributed by atoms with van der Waals surface area (Å²) in [5.74, 6) is -0.314. The van der Waals surface area contributed by atoms with E-state index in [1.165, 1.54) is 7.11 Å². The zero-order chi connectivity index (χ0) is 15.4. The number of aliphatic carboxylic acids is 1. The number of methoxy groups -OCH3 is 1. The van der Waals surface area contributed by atoms with Crippen LogP contribution in [0.25, 0.3) is 0 Å². The van der Waals surface area contributed by atoms with E-state index < -0.39 is 5.97 Å². The van der Waals surface area contributed by atoms with Crippen LogP contribution in [0.2, 0.25) is 0 Å². The van der Waals surface area contributed by atoms with E-state index in [2.05, 4.69) is 4.90 Å². The second kappa shape index (κ2) is 6.78. The Morgan fingerprint density at radius 3 is 3.00 bits per heavy atom. The summed E-state index contributed by atoms with van der Waals surface area (Å²) < 4.78 is 10.5. The smallest absolute Gasteiger partial charge is 0.305 e. The first-order chi connectivity index (χ1) is 10.0. The number of rotatable bonds is 5. The molecule has 0 saturated carbocycles. The average molecular weight is 295 g/mol. The molecular weight excluding hydrogens is 274 g/mol. The molecule has 0 radical (unpaired) electrons. The zero-order valence-corrected chi connectivity index (χ0v) is 12.3. The largest absolute Gasteiger partial charge is 0.504 e. The van der Waals surface area contributed by atoms with Crippen molar-refractivity contribution in [3.05, 3.63) is 23.8 Å². The van der Waals surface area contributed by atoms with E-state index in [-0.39, 0.29) is 24.3 Å². The van der Waals surface area contributed by atoms with Crippen LogP contribution in [0, 0.1) is 0 Å². The summed E-state index contributed by atoms with van der Waals surface area (Å²) in [7, 11) is 1.51. The van der Waals surface area contributed by atoms with E-state index in [4.69, 9.17) is 14.6 Å². The number of carbonyl (C=O) groups is 1. The molecule has 0 bridgehead atoms. The number of hydrogen-bond donors (Lipinski definition) is 2. The second-order valence-corrected chi connectivity index (χ2v) is 5.17. The van der Waals surface area contributed by atoms with Gasteiger partial charge in [0.1, 0.15) is 0 Å². The minimum atomic E-state index is -0.828. The third-order valence-corrected chi connectivity index (χ3v) is 3.87. The maximum absolute atomic E-state index is 11.0. The SMILES string of the molecule is COc1cc(C(C)N2CCOCC2CC(=O)O)ccc1O. The summed E-state index contributed by atoms with van der Waals surface area (Å²) in [6, 6.07) is 5.08. The highest BCUT2D eigenvalue weighted by atomic mass is 16.5. The van der Waals surface area contributed by atoms with Crippen molar-refractivity contribution >= 4 is 5.97 Å². The van der Waals surface area contributed by atoms with Crippen molar-refractivity contribution in [2.75, 3.05) is 26.9 Å². The van der Waals surface area contributed by atoms with E-state index >= 15 is 0 Å². The minimum Gasteiger partial charge on any atom is -0.504 e. The Balaban J connectivity index is 2.19. The van der Waals surface area contributed by atoms with Gasteiger partial charge >= 0.3 is 5.97 Å². The molecule has 2 rings (SSSR count). The molecule has 116 valence electrons. The summed E-state index contributed by atoms with van der Waals surface area (Å²) in [4.78, 5) is 13.1. The predicted molar refractivity (Wildman–Crippen MR) is 76.6 cm³/mol. The van der Waals surface area contributed by atoms with Gasteiger partial charge in [0, 0.05) is 18.6 Å². The number of morpholine rings is 1. The fraction of sp³-hybridized carbons (Fsp3) is 0.533. The fourth-order valence-electron chi connectivity index (χ4n) is 2.70. The van der Waals surface area contributed by atoms with Crippen molar-refractivity contribution in [1.29, 1.82) is 0 Å². The number of phenolic OH excluding ortho intramolecular Hbond substituents is 1. The first kappa shape index (κ1) is 15.6. The summed E-state index contributed by atoms with van der Waals surface area (Å²) in [6.45, 7) is 3.72. The first-order valence-corrected chi connectivity index (χ1v) is 6.95. The number of nitrogens with zero attached hydrogens (tertiary/aromatic N) is 1. The highest BCUT2D eigenvalue weighted by Gasteiger charge is 2.29. The number of ether oxygens (including phenoxy) is 2. The van der Waals surface area contributed by atoms with Crippen LogP contribution in [0.4, 0.5) is 0 Å². The fourth-order valence-corrected chi connectivity index (χ4v) is 2.70. The topological polar surface area (TPSA) is 79.2 Å². The number of carboxylic acid groups (broad SMARTS) is 1. The molecule has 21 heavy (non-hydrogen) atoms. The lowest BCUT2D eigenvalue weighted by Gasteiger charge is -2.39. The van der Waals surface area contributed by atoms with Gasteiger partial charge in [0.05, 0.1) is 26.7 Å². The van der Waals surface area contributed by atoms with Crippen LogP contribution in [0.1, 0.15) is 24.9 Å². The van der Waals surface area contributed by atoms with Gasteiger partial charge in [-0.05, 0) is 24.6 Å². The number of phenols is 1. The van der Waals surface area contributed by atoms with E-state index in [1.807, 2.05) is 13.0 Å². The summed E-state index contributed by atoms with van der Waals surface area (Å²) in [5, 5.41) is 18.7. The van der Waals surface area contributed by atoms with Crippen molar-refractivity contribution in [2.24, 2.45) is 0 Å². The van der Waals surface area contributed by atoms with Crippen LogP contribution in [-0.2, 0) is 9.53 Å². The molecule has 1 fully saturated rings. The molecule has 2 unspecified atom stereocenters. The molecule has 1 aliphatic heterocycles. The van der Waals surface area contributed by atoms with Gasteiger partial charge in [-0.1, -0.05) is 6.07 Å². The molecule has 1 aromatic rings. The highest BCUT2D eigenvalue weighted by molar-refractivity contribution is 5.67. The Labute approximate surface area is 123 Å². The van der Waals surface area contributed by atoms with Crippen molar-refractivity contribution in [3.63, 3.8) is 0 Å². The molecule has 2 N–H and O–H groups in total. The Bertz CT molecular complexity index is 505. The molecule has 0 aromatic heterocycles. The van der Waals surface area contributed by atoms with Crippen molar-refractivity contribution in [1.82, 2.24) is 4.90 Å².